The van der Waals surface area contributed by atoms with Crippen LogP contribution in [0.3, 0.4) is 0 Å². The number of terminal acetylenes is 1. The van der Waals surface area contributed by atoms with Gasteiger partial charge in [0, 0.05) is 6.04 Å². The number of carboxylic acid groups (broad SMARTS) is 1. The fraction of sp³-hybridized carbons (Fsp3) is 0.727. The van der Waals surface area contributed by atoms with Crippen molar-refractivity contribution in [3.05, 3.63) is 0 Å². The van der Waals surface area contributed by atoms with Crippen LogP contribution in [0.2, 0.25) is 0 Å². The predicted octanol–water partition coefficient (Wildman–Crippen LogP) is 1.58. The molecule has 0 fully saturated rings. The number of aliphatic carboxylic acids is 1. The molecule has 0 heterocycles. The summed E-state index contributed by atoms with van der Waals surface area (Å²) in [5, 5.41) is 8.71. The van der Waals surface area contributed by atoms with E-state index < -0.39 is 5.97 Å². The molecule has 0 spiro atoms. The molecule has 1 unspecified atom stereocenters. The highest BCUT2D eigenvalue weighted by molar-refractivity contribution is 5.69. The fourth-order valence-corrected chi connectivity index (χ4v) is 1.58. The molecular formula is C11H19NO2. The Morgan fingerprint density at radius 2 is 2.21 bits per heavy atom. The van der Waals surface area contributed by atoms with E-state index in [1.165, 1.54) is 0 Å². The molecule has 0 aromatic heterocycles. The number of hydrogen-bond donors (Lipinski definition) is 1. The molecule has 0 saturated heterocycles. The van der Waals surface area contributed by atoms with Crippen LogP contribution in [0.25, 0.3) is 0 Å². The molecule has 0 aliphatic rings. The van der Waals surface area contributed by atoms with E-state index in [1.807, 2.05) is 4.90 Å². The second kappa shape index (κ2) is 7.40. The number of carbonyl (C=O) groups is 1. The predicted molar refractivity (Wildman–Crippen MR) is 57.0 cm³/mol. The first-order chi connectivity index (χ1) is 6.65. The van der Waals surface area contributed by atoms with Gasteiger partial charge < -0.3 is 5.11 Å². The average molecular weight is 197 g/mol. The van der Waals surface area contributed by atoms with Gasteiger partial charge in [0.2, 0.25) is 0 Å². The number of rotatable bonds is 7. The summed E-state index contributed by atoms with van der Waals surface area (Å²) in [7, 11) is 0. The van der Waals surface area contributed by atoms with Crippen LogP contribution in [0.5, 0.6) is 0 Å². The van der Waals surface area contributed by atoms with Crippen molar-refractivity contribution in [1.29, 1.82) is 0 Å². The lowest BCUT2D eigenvalue weighted by Gasteiger charge is -2.27. The van der Waals surface area contributed by atoms with Crippen molar-refractivity contribution in [1.82, 2.24) is 4.90 Å². The van der Waals surface area contributed by atoms with Crippen LogP contribution < -0.4 is 0 Å². The van der Waals surface area contributed by atoms with Crippen LogP contribution in [0.1, 0.15) is 33.1 Å². The van der Waals surface area contributed by atoms with E-state index in [4.69, 9.17) is 11.5 Å². The van der Waals surface area contributed by atoms with Gasteiger partial charge in [-0.15, -0.1) is 6.42 Å². The standard InChI is InChI=1S/C11H19NO2/c1-4-7-10(6-3)12(8-5-2)9-11(13)14/h2,10H,4,6-9H2,1,3H3,(H,13,14). The topological polar surface area (TPSA) is 40.5 Å². The number of hydrogen-bond acceptors (Lipinski definition) is 2. The second-order valence-electron chi connectivity index (χ2n) is 3.35. The molecule has 0 radical (unpaired) electrons. The maximum atomic E-state index is 10.6. The van der Waals surface area contributed by atoms with Gasteiger partial charge in [-0.1, -0.05) is 26.2 Å². The van der Waals surface area contributed by atoms with Crippen LogP contribution in [0, 0.1) is 12.3 Å². The molecule has 1 atom stereocenters. The van der Waals surface area contributed by atoms with E-state index in [1.54, 1.807) is 0 Å². The second-order valence-corrected chi connectivity index (χ2v) is 3.35. The molecule has 1 N–H and O–H groups in total. The van der Waals surface area contributed by atoms with Gasteiger partial charge >= 0.3 is 5.97 Å². The SMILES string of the molecule is C#CCN(CC(=O)O)C(CC)CCC. The molecule has 0 amide bonds. The van der Waals surface area contributed by atoms with Gasteiger partial charge in [0.25, 0.3) is 0 Å². The summed E-state index contributed by atoms with van der Waals surface area (Å²) >= 11 is 0. The molecule has 3 nitrogen and oxygen atoms in total. The smallest absolute Gasteiger partial charge is 0.317 e. The van der Waals surface area contributed by atoms with Crippen molar-refractivity contribution in [3.8, 4) is 12.3 Å². The van der Waals surface area contributed by atoms with Crippen molar-refractivity contribution >= 4 is 5.97 Å². The minimum atomic E-state index is -0.810. The average Bonchev–Trinajstić information content (AvgIpc) is 2.13. The Bertz CT molecular complexity index is 208. The summed E-state index contributed by atoms with van der Waals surface area (Å²) in [6.45, 7) is 4.62. The van der Waals surface area contributed by atoms with Gasteiger partial charge in [0.1, 0.15) is 0 Å². The zero-order valence-corrected chi connectivity index (χ0v) is 8.99. The highest BCUT2D eigenvalue weighted by Crippen LogP contribution is 2.10. The molecule has 80 valence electrons. The summed E-state index contributed by atoms with van der Waals surface area (Å²) in [6.07, 6.45) is 8.22. The Kier molecular flexibility index (Phi) is 6.87. The summed E-state index contributed by atoms with van der Waals surface area (Å²) in [5.74, 6) is 1.70. The Morgan fingerprint density at radius 1 is 1.57 bits per heavy atom. The van der Waals surface area contributed by atoms with Crippen molar-refractivity contribution in [3.63, 3.8) is 0 Å². The van der Waals surface area contributed by atoms with Gasteiger partial charge in [-0.25, -0.2) is 0 Å². The van der Waals surface area contributed by atoms with Crippen molar-refractivity contribution in [2.45, 2.75) is 39.2 Å². The molecule has 0 aliphatic carbocycles. The first-order valence-electron chi connectivity index (χ1n) is 5.04. The molecule has 0 aromatic carbocycles. The molecule has 3 heteroatoms. The summed E-state index contributed by atoms with van der Waals surface area (Å²) < 4.78 is 0. The van der Waals surface area contributed by atoms with E-state index in [0.717, 1.165) is 19.3 Å². The normalized spacial score (nSPS) is 12.4. The molecule has 0 aromatic rings. The van der Waals surface area contributed by atoms with E-state index >= 15 is 0 Å². The Hall–Kier alpha value is -1.01. The first kappa shape index (κ1) is 13.0. The maximum absolute atomic E-state index is 10.6. The van der Waals surface area contributed by atoms with Crippen LogP contribution >= 0.6 is 0 Å². The quantitative estimate of drug-likeness (QED) is 0.630. The minimum Gasteiger partial charge on any atom is -0.480 e. The van der Waals surface area contributed by atoms with Crippen LogP contribution in [0.4, 0.5) is 0 Å². The van der Waals surface area contributed by atoms with Gasteiger partial charge in [-0.2, -0.15) is 0 Å². The van der Waals surface area contributed by atoms with Crippen LogP contribution in [-0.2, 0) is 4.79 Å². The monoisotopic (exact) mass is 197 g/mol. The number of carboxylic acids is 1. The zero-order valence-electron chi connectivity index (χ0n) is 8.99. The van der Waals surface area contributed by atoms with E-state index in [-0.39, 0.29) is 6.54 Å². The fourth-order valence-electron chi connectivity index (χ4n) is 1.58. The minimum absolute atomic E-state index is 0.0444. The zero-order chi connectivity index (χ0) is 11.0. The molecular weight excluding hydrogens is 178 g/mol. The Labute approximate surface area is 86.1 Å². The molecule has 0 bridgehead atoms. The van der Waals surface area contributed by atoms with Crippen molar-refractivity contribution in [2.24, 2.45) is 0 Å². The van der Waals surface area contributed by atoms with E-state index in [2.05, 4.69) is 19.8 Å². The largest absolute Gasteiger partial charge is 0.480 e. The highest BCUT2D eigenvalue weighted by atomic mass is 16.4. The number of nitrogens with zero attached hydrogens (tertiary/aromatic N) is 1. The van der Waals surface area contributed by atoms with Crippen LogP contribution in [0.15, 0.2) is 0 Å². The van der Waals surface area contributed by atoms with Crippen LogP contribution in [-0.4, -0.2) is 35.1 Å². The van der Waals surface area contributed by atoms with Gasteiger partial charge in [0.15, 0.2) is 0 Å². The first-order valence-corrected chi connectivity index (χ1v) is 5.04. The van der Waals surface area contributed by atoms with E-state index in [9.17, 15) is 4.79 Å². The highest BCUT2D eigenvalue weighted by Gasteiger charge is 2.17. The lowest BCUT2D eigenvalue weighted by Crippen LogP contribution is -2.39. The Balaban J connectivity index is 4.27. The van der Waals surface area contributed by atoms with Gasteiger partial charge in [-0.3, -0.25) is 9.69 Å². The third-order valence-electron chi connectivity index (χ3n) is 2.24. The maximum Gasteiger partial charge on any atom is 0.317 e. The summed E-state index contributed by atoms with van der Waals surface area (Å²) in [5.41, 5.74) is 0. The third-order valence-corrected chi connectivity index (χ3v) is 2.24. The Morgan fingerprint density at radius 3 is 2.57 bits per heavy atom. The molecule has 0 rings (SSSR count). The third kappa shape index (κ3) is 4.88. The molecule has 0 aliphatic heterocycles. The van der Waals surface area contributed by atoms with Crippen molar-refractivity contribution in [2.75, 3.05) is 13.1 Å². The molecule has 14 heavy (non-hydrogen) atoms. The van der Waals surface area contributed by atoms with Crippen molar-refractivity contribution < 1.29 is 9.90 Å². The lowest BCUT2D eigenvalue weighted by molar-refractivity contribution is -0.138. The van der Waals surface area contributed by atoms with Gasteiger partial charge in [0.05, 0.1) is 13.1 Å². The van der Waals surface area contributed by atoms with E-state index in [0.29, 0.717) is 12.6 Å². The summed E-state index contributed by atoms with van der Waals surface area (Å²) in [4.78, 5) is 12.5. The summed E-state index contributed by atoms with van der Waals surface area (Å²) in [6, 6.07) is 0.298. The lowest BCUT2D eigenvalue weighted by atomic mass is 10.1. The molecule has 0 saturated carbocycles. The van der Waals surface area contributed by atoms with Gasteiger partial charge in [-0.05, 0) is 12.8 Å².